The third kappa shape index (κ3) is 4.57. The van der Waals surface area contributed by atoms with Crippen molar-refractivity contribution >= 4 is 45.5 Å². The Bertz CT molecular complexity index is 931. The Morgan fingerprint density at radius 3 is 2.85 bits per heavy atom. The molecule has 0 aliphatic carbocycles. The maximum Gasteiger partial charge on any atom is 0.212 e. The molecule has 1 N–H and O–H groups in total. The van der Waals surface area contributed by atoms with Crippen LogP contribution in [0.25, 0.3) is 0 Å². The summed E-state index contributed by atoms with van der Waals surface area (Å²) >= 11 is 10.7. The van der Waals surface area contributed by atoms with Crippen LogP contribution >= 0.6 is 39.3 Å². The van der Waals surface area contributed by atoms with Crippen LogP contribution in [-0.4, -0.2) is 33.3 Å². The van der Waals surface area contributed by atoms with Crippen molar-refractivity contribution in [1.29, 1.82) is 0 Å². The van der Waals surface area contributed by atoms with Gasteiger partial charge in [0.05, 0.1) is 17.8 Å². The summed E-state index contributed by atoms with van der Waals surface area (Å²) in [4.78, 5) is 0. The predicted molar refractivity (Wildman–Crippen MR) is 106 cm³/mol. The maximum atomic E-state index is 9.86. The van der Waals surface area contributed by atoms with Crippen LogP contribution in [0.1, 0.15) is 11.1 Å². The van der Waals surface area contributed by atoms with Crippen molar-refractivity contribution < 1.29 is 9.84 Å². The number of hydrogen-bond donors (Lipinski definition) is 1. The van der Waals surface area contributed by atoms with E-state index < -0.39 is 0 Å². The number of nitrogens with zero attached hydrogens (tertiary/aromatic N) is 4. The lowest BCUT2D eigenvalue weighted by Crippen LogP contribution is -1.94. The number of halogens is 2. The van der Waals surface area contributed by atoms with Crippen molar-refractivity contribution in [3.05, 3.63) is 63.3 Å². The second-order valence-electron chi connectivity index (χ2n) is 5.17. The molecule has 0 saturated heterocycles. The van der Waals surface area contributed by atoms with Crippen LogP contribution in [0.4, 0.5) is 0 Å². The lowest BCUT2D eigenvalue weighted by atomic mass is 10.2. The van der Waals surface area contributed by atoms with Gasteiger partial charge in [-0.05, 0) is 51.3 Å². The molecule has 0 fully saturated rings. The van der Waals surface area contributed by atoms with Crippen molar-refractivity contribution in [2.45, 2.75) is 10.9 Å². The van der Waals surface area contributed by atoms with E-state index in [9.17, 15) is 5.11 Å². The van der Waals surface area contributed by atoms with Crippen molar-refractivity contribution in [2.75, 3.05) is 7.11 Å². The summed E-state index contributed by atoms with van der Waals surface area (Å²) in [5, 5.41) is 23.6. The van der Waals surface area contributed by atoms with Crippen LogP contribution in [0.3, 0.4) is 0 Å². The van der Waals surface area contributed by atoms with Crippen molar-refractivity contribution in [3.8, 4) is 11.5 Å². The van der Waals surface area contributed by atoms with E-state index in [1.807, 2.05) is 24.3 Å². The molecule has 6 nitrogen and oxygen atoms in total. The van der Waals surface area contributed by atoms with E-state index >= 15 is 0 Å². The van der Waals surface area contributed by atoms with Crippen molar-refractivity contribution in [1.82, 2.24) is 14.9 Å². The number of methoxy groups -OCH3 is 1. The molecular formula is C17H14BrClN4O2S. The lowest BCUT2D eigenvalue weighted by Gasteiger charge is -2.06. The smallest absolute Gasteiger partial charge is 0.212 e. The minimum absolute atomic E-state index is 0.0492. The molecule has 134 valence electrons. The second-order valence-corrected chi connectivity index (χ2v) is 7.40. The third-order valence-electron chi connectivity index (χ3n) is 3.38. The molecule has 0 bridgehead atoms. The number of phenols is 1. The van der Waals surface area contributed by atoms with Gasteiger partial charge in [0.15, 0.2) is 11.5 Å². The number of hydrogen-bond acceptors (Lipinski definition) is 6. The molecule has 1 aromatic heterocycles. The summed E-state index contributed by atoms with van der Waals surface area (Å²) in [6.07, 6.45) is 3.18. The summed E-state index contributed by atoms with van der Waals surface area (Å²) in [5.74, 6) is 1.14. The van der Waals surface area contributed by atoms with E-state index in [0.29, 0.717) is 20.4 Å². The topological polar surface area (TPSA) is 72.5 Å². The monoisotopic (exact) mass is 452 g/mol. The van der Waals surface area contributed by atoms with Gasteiger partial charge in [-0.25, -0.2) is 0 Å². The highest BCUT2D eigenvalue weighted by Crippen LogP contribution is 2.34. The minimum atomic E-state index is 0.0492. The molecule has 0 aliphatic rings. The average Bonchev–Trinajstić information content (AvgIpc) is 3.09. The number of aromatic nitrogens is 3. The van der Waals surface area contributed by atoms with Gasteiger partial charge in [-0.3, -0.25) is 0 Å². The van der Waals surface area contributed by atoms with E-state index in [4.69, 9.17) is 16.3 Å². The first-order valence-corrected chi connectivity index (χ1v) is 9.60. The Kier molecular flexibility index (Phi) is 6.18. The van der Waals surface area contributed by atoms with Crippen LogP contribution < -0.4 is 4.74 Å². The first kappa shape index (κ1) is 18.8. The molecular weight excluding hydrogens is 440 g/mol. The van der Waals surface area contributed by atoms with Gasteiger partial charge in [0.25, 0.3) is 0 Å². The zero-order chi connectivity index (χ0) is 18.5. The number of benzene rings is 2. The number of rotatable bonds is 6. The second kappa shape index (κ2) is 8.57. The Morgan fingerprint density at radius 2 is 2.12 bits per heavy atom. The average molecular weight is 454 g/mol. The van der Waals surface area contributed by atoms with Crippen LogP contribution in [0.15, 0.2) is 57.5 Å². The molecule has 3 aromatic rings. The Morgan fingerprint density at radius 1 is 1.35 bits per heavy atom. The van der Waals surface area contributed by atoms with Crippen molar-refractivity contribution in [3.63, 3.8) is 0 Å². The highest BCUT2D eigenvalue weighted by molar-refractivity contribution is 9.10. The Labute approximate surface area is 168 Å². The molecule has 0 spiro atoms. The molecule has 0 radical (unpaired) electrons. The van der Waals surface area contributed by atoms with Crippen LogP contribution in [0.5, 0.6) is 11.5 Å². The summed E-state index contributed by atoms with van der Waals surface area (Å²) in [6, 6.07) is 11.1. The Balaban J connectivity index is 1.73. The fourth-order valence-electron chi connectivity index (χ4n) is 2.07. The predicted octanol–water partition coefficient (Wildman–Crippen LogP) is 4.58. The van der Waals surface area contributed by atoms with Crippen LogP contribution in [0.2, 0.25) is 5.02 Å². The first-order valence-electron chi connectivity index (χ1n) is 7.45. The Hall–Kier alpha value is -2.03. The molecule has 0 aliphatic heterocycles. The van der Waals surface area contributed by atoms with Gasteiger partial charge >= 0.3 is 0 Å². The van der Waals surface area contributed by atoms with E-state index in [0.717, 1.165) is 16.9 Å². The fraction of sp³-hybridized carbons (Fsp3) is 0.118. The standard InChI is InChI=1S/C17H14BrClN4O2S/c1-25-15-7-12(6-14(18)16(15)24)8-21-23-10-20-22-17(23)26-9-11-2-4-13(19)5-3-11/h2-8,10,24H,9H2,1H3/b21-8+. The van der Waals surface area contributed by atoms with Gasteiger partial charge in [-0.2, -0.15) is 9.78 Å². The highest BCUT2D eigenvalue weighted by Gasteiger charge is 2.08. The van der Waals surface area contributed by atoms with Crippen LogP contribution in [0, 0.1) is 0 Å². The highest BCUT2D eigenvalue weighted by atomic mass is 79.9. The normalized spacial score (nSPS) is 11.2. The maximum absolute atomic E-state index is 9.86. The van der Waals surface area contributed by atoms with E-state index in [1.165, 1.54) is 25.2 Å². The SMILES string of the molecule is COc1cc(/C=N/n2cnnc2SCc2ccc(Cl)cc2)cc(Br)c1O. The molecule has 0 amide bonds. The molecule has 3 rings (SSSR count). The van der Waals surface area contributed by atoms with Gasteiger partial charge in [0.2, 0.25) is 5.16 Å². The number of phenolic OH excluding ortho intramolecular Hbond substituents is 1. The quantitative estimate of drug-likeness (QED) is 0.437. The van der Waals surface area contributed by atoms with E-state index in [1.54, 1.807) is 23.0 Å². The summed E-state index contributed by atoms with van der Waals surface area (Å²) in [6.45, 7) is 0. The van der Waals surface area contributed by atoms with Gasteiger partial charge in [-0.1, -0.05) is 35.5 Å². The van der Waals surface area contributed by atoms with Gasteiger partial charge in [0, 0.05) is 10.8 Å². The lowest BCUT2D eigenvalue weighted by molar-refractivity contribution is 0.372. The fourth-order valence-corrected chi connectivity index (χ4v) is 3.48. The molecule has 9 heteroatoms. The number of ether oxygens (including phenoxy) is 1. The molecule has 0 unspecified atom stereocenters. The zero-order valence-corrected chi connectivity index (χ0v) is 16.8. The molecule has 0 saturated carbocycles. The molecule has 0 atom stereocenters. The van der Waals surface area contributed by atoms with Gasteiger partial charge in [-0.15, -0.1) is 10.2 Å². The largest absolute Gasteiger partial charge is 0.503 e. The van der Waals surface area contributed by atoms with Crippen molar-refractivity contribution in [2.24, 2.45) is 5.10 Å². The number of aromatic hydroxyl groups is 1. The molecule has 2 aromatic carbocycles. The summed E-state index contributed by atoms with van der Waals surface area (Å²) in [7, 11) is 1.49. The summed E-state index contributed by atoms with van der Waals surface area (Å²) < 4.78 is 7.25. The van der Waals surface area contributed by atoms with E-state index in [2.05, 4.69) is 31.2 Å². The van der Waals surface area contributed by atoms with Gasteiger partial charge < -0.3 is 9.84 Å². The summed E-state index contributed by atoms with van der Waals surface area (Å²) in [5.41, 5.74) is 1.89. The molecule has 1 heterocycles. The third-order valence-corrected chi connectivity index (χ3v) is 5.24. The molecule has 26 heavy (non-hydrogen) atoms. The zero-order valence-electron chi connectivity index (χ0n) is 13.6. The first-order chi connectivity index (χ1) is 12.6. The van der Waals surface area contributed by atoms with Gasteiger partial charge in [0.1, 0.15) is 6.33 Å². The minimum Gasteiger partial charge on any atom is -0.503 e. The van der Waals surface area contributed by atoms with Crippen LogP contribution in [-0.2, 0) is 5.75 Å². The van der Waals surface area contributed by atoms with E-state index in [-0.39, 0.29) is 5.75 Å². The number of thioether (sulfide) groups is 1.